The Balaban J connectivity index is 1.58. The van der Waals surface area contributed by atoms with Crippen LogP contribution in [0.25, 0.3) is 10.9 Å². The molecule has 5 unspecified atom stereocenters. The van der Waals surface area contributed by atoms with Crippen LogP contribution in [0.3, 0.4) is 0 Å². The van der Waals surface area contributed by atoms with Gasteiger partial charge in [-0.15, -0.1) is 0 Å². The molecule has 18 heteroatoms. The van der Waals surface area contributed by atoms with Crippen molar-refractivity contribution in [2.75, 3.05) is 6.61 Å². The minimum atomic E-state index is -5.68. The SMILES string of the molecule is Cn1nc(Cn2c(=O)ccn(C3OC(COP(=O)([O-])OP(=O)([O-])O)C(O)[C@@H]3O)c2=O)c2ccccc21. The fraction of sp³-hybridized carbons (Fsp3) is 0.389. The molecule has 0 aliphatic carbocycles. The van der Waals surface area contributed by atoms with E-state index in [0.29, 0.717) is 11.1 Å². The zero-order valence-corrected chi connectivity index (χ0v) is 20.2. The Bertz CT molecular complexity index is 1490. The first-order valence-corrected chi connectivity index (χ1v) is 13.2. The number of aromatic nitrogens is 4. The molecule has 3 N–H and O–H groups in total. The number of hydrogen-bond acceptors (Lipinski definition) is 12. The lowest BCUT2D eigenvalue weighted by Gasteiger charge is -2.28. The van der Waals surface area contributed by atoms with Crippen molar-refractivity contribution in [2.45, 2.75) is 31.1 Å². The van der Waals surface area contributed by atoms with Gasteiger partial charge in [-0.25, -0.2) is 9.11 Å². The van der Waals surface area contributed by atoms with Crippen LogP contribution in [0.4, 0.5) is 0 Å². The van der Waals surface area contributed by atoms with E-state index in [2.05, 4.69) is 13.9 Å². The third-order valence-electron chi connectivity index (χ3n) is 5.45. The summed E-state index contributed by atoms with van der Waals surface area (Å²) in [7, 11) is -9.54. The van der Waals surface area contributed by atoms with E-state index >= 15 is 0 Å². The van der Waals surface area contributed by atoms with Crippen LogP contribution >= 0.6 is 15.6 Å². The summed E-state index contributed by atoms with van der Waals surface area (Å²) in [6.07, 6.45) is -5.65. The van der Waals surface area contributed by atoms with Gasteiger partial charge in [0.2, 0.25) is 0 Å². The molecule has 0 radical (unpaired) electrons. The van der Waals surface area contributed by atoms with Crippen molar-refractivity contribution in [2.24, 2.45) is 7.05 Å². The Morgan fingerprint density at radius 3 is 2.53 bits per heavy atom. The molecule has 1 saturated heterocycles. The van der Waals surface area contributed by atoms with E-state index in [1.165, 1.54) is 0 Å². The summed E-state index contributed by atoms with van der Waals surface area (Å²) in [5.74, 6) is 0. The summed E-state index contributed by atoms with van der Waals surface area (Å²) in [5, 5.41) is 25.7. The zero-order chi connectivity index (χ0) is 26.4. The van der Waals surface area contributed by atoms with Gasteiger partial charge in [0.15, 0.2) is 6.23 Å². The van der Waals surface area contributed by atoms with E-state index in [1.54, 1.807) is 29.9 Å². The average Bonchev–Trinajstić information content (AvgIpc) is 3.25. The van der Waals surface area contributed by atoms with Gasteiger partial charge in [-0.2, -0.15) is 5.10 Å². The van der Waals surface area contributed by atoms with Crippen LogP contribution in [-0.2, 0) is 36.3 Å². The maximum absolute atomic E-state index is 13.1. The standard InChI is InChI=1S/C18H22N4O12P2/c1-20-12-5-3-2-4-10(12)11(19-20)8-22-14(23)6-7-21(18(22)26)17-16(25)15(24)13(33-17)9-32-36(30,31)34-35(27,28)29/h2-7,13,15-17,24-25H,8-9H2,1H3,(H,30,31)(H2,27,28,29)/p-2/t13?,15?,16-,17?/m0/s1. The molecule has 1 aliphatic rings. The van der Waals surface area contributed by atoms with Crippen molar-refractivity contribution >= 4 is 26.5 Å². The summed E-state index contributed by atoms with van der Waals surface area (Å²) in [6.45, 7) is -1.24. The fourth-order valence-electron chi connectivity index (χ4n) is 3.84. The normalized spacial score (nSPS) is 25.6. The number of aliphatic hydroxyl groups excluding tert-OH is 2. The second kappa shape index (κ2) is 9.76. The molecule has 3 aromatic rings. The quantitative estimate of drug-likeness (QED) is 0.249. The number of aryl methyl sites for hydroxylation is 1. The van der Waals surface area contributed by atoms with Crippen LogP contribution in [0.5, 0.6) is 0 Å². The van der Waals surface area contributed by atoms with Gasteiger partial charge in [0.05, 0.1) is 24.4 Å². The maximum atomic E-state index is 13.1. The lowest BCUT2D eigenvalue weighted by Crippen LogP contribution is -2.43. The van der Waals surface area contributed by atoms with Crippen molar-refractivity contribution in [1.29, 1.82) is 0 Å². The molecule has 2 aromatic heterocycles. The van der Waals surface area contributed by atoms with E-state index in [0.717, 1.165) is 26.9 Å². The number of para-hydroxylation sites is 1. The van der Waals surface area contributed by atoms with Crippen LogP contribution in [0.2, 0.25) is 0 Å². The highest BCUT2D eigenvalue weighted by Crippen LogP contribution is 2.52. The second-order valence-electron chi connectivity index (χ2n) is 7.86. The number of benzene rings is 1. The van der Waals surface area contributed by atoms with E-state index < -0.39 is 58.0 Å². The van der Waals surface area contributed by atoms with Crippen molar-refractivity contribution in [3.8, 4) is 0 Å². The number of fused-ring (bicyclic) bond motifs is 1. The van der Waals surface area contributed by atoms with Crippen molar-refractivity contribution in [3.63, 3.8) is 0 Å². The largest absolute Gasteiger partial charge is 0.756 e. The highest BCUT2D eigenvalue weighted by Gasteiger charge is 2.45. The molecular formula is C18H20N4O12P2-2. The Morgan fingerprint density at radius 2 is 1.83 bits per heavy atom. The Hall–Kier alpha value is -2.49. The summed E-state index contributed by atoms with van der Waals surface area (Å²) in [4.78, 5) is 56.2. The van der Waals surface area contributed by atoms with Gasteiger partial charge in [-0.3, -0.25) is 27.7 Å². The second-order valence-corrected chi connectivity index (χ2v) is 10.6. The highest BCUT2D eigenvalue weighted by atomic mass is 31.3. The van der Waals surface area contributed by atoms with Crippen LogP contribution in [0, 0.1) is 0 Å². The molecule has 3 heterocycles. The molecular weight excluding hydrogens is 526 g/mol. The minimum absolute atomic E-state index is 0.217. The number of hydrogen-bond donors (Lipinski definition) is 3. The summed E-state index contributed by atoms with van der Waals surface area (Å²) in [5.41, 5.74) is -0.392. The molecule has 4 rings (SSSR count). The van der Waals surface area contributed by atoms with Crippen LogP contribution in [0.1, 0.15) is 11.9 Å². The van der Waals surface area contributed by atoms with Crippen molar-refractivity contribution in [1.82, 2.24) is 18.9 Å². The molecule has 0 bridgehead atoms. The molecule has 0 amide bonds. The molecule has 6 atom stereocenters. The lowest BCUT2D eigenvalue weighted by molar-refractivity contribution is -0.242. The molecule has 196 valence electrons. The smallest absolute Gasteiger partial charge is 0.333 e. The van der Waals surface area contributed by atoms with Crippen LogP contribution in [0.15, 0.2) is 46.1 Å². The van der Waals surface area contributed by atoms with Gasteiger partial charge in [0.25, 0.3) is 21.2 Å². The topological polar surface area (TPSA) is 230 Å². The van der Waals surface area contributed by atoms with Gasteiger partial charge < -0.3 is 34.2 Å². The monoisotopic (exact) mass is 546 g/mol. The van der Waals surface area contributed by atoms with Gasteiger partial charge in [0.1, 0.15) is 18.3 Å². The predicted octanol–water partition coefficient (Wildman–Crippen LogP) is -2.47. The number of phosphoric acid groups is 2. The Morgan fingerprint density at radius 1 is 1.14 bits per heavy atom. The first-order chi connectivity index (χ1) is 16.8. The molecule has 16 nitrogen and oxygen atoms in total. The van der Waals surface area contributed by atoms with E-state index in [-0.39, 0.29) is 6.54 Å². The van der Waals surface area contributed by atoms with Gasteiger partial charge in [-0.05, 0) is 6.07 Å². The van der Waals surface area contributed by atoms with Crippen molar-refractivity contribution in [3.05, 3.63) is 63.1 Å². The van der Waals surface area contributed by atoms with Crippen LogP contribution in [-0.4, -0.2) is 58.9 Å². The third-order valence-corrected chi connectivity index (χ3v) is 7.54. The lowest BCUT2D eigenvalue weighted by atomic mass is 10.1. The van der Waals surface area contributed by atoms with Crippen LogP contribution < -0.4 is 21.0 Å². The van der Waals surface area contributed by atoms with Gasteiger partial charge >= 0.3 is 5.69 Å². The van der Waals surface area contributed by atoms with Gasteiger partial charge in [0, 0.05) is 24.7 Å². The van der Waals surface area contributed by atoms with Gasteiger partial charge in [-0.1, -0.05) is 18.2 Å². The van der Waals surface area contributed by atoms with E-state index in [9.17, 15) is 38.7 Å². The summed E-state index contributed by atoms with van der Waals surface area (Å²) in [6, 6.07) is 8.20. The maximum Gasteiger partial charge on any atom is 0.333 e. The number of rotatable bonds is 8. The minimum Gasteiger partial charge on any atom is -0.756 e. The van der Waals surface area contributed by atoms with Crippen molar-refractivity contribution < 1.29 is 47.6 Å². The number of nitrogens with zero attached hydrogens (tertiary/aromatic N) is 4. The van der Waals surface area contributed by atoms with E-state index in [1.807, 2.05) is 6.07 Å². The molecule has 1 aromatic carbocycles. The molecule has 1 aliphatic heterocycles. The summed E-state index contributed by atoms with van der Waals surface area (Å²) < 4.78 is 38.5. The molecule has 1 fully saturated rings. The highest BCUT2D eigenvalue weighted by molar-refractivity contribution is 7.59. The average molecular weight is 546 g/mol. The first kappa shape index (κ1) is 26.6. The fourth-order valence-corrected chi connectivity index (χ4v) is 5.37. The zero-order valence-electron chi connectivity index (χ0n) is 18.4. The Kier molecular flexibility index (Phi) is 7.20. The number of ether oxygens (including phenoxy) is 1. The molecule has 0 spiro atoms. The molecule has 0 saturated carbocycles. The molecule has 36 heavy (non-hydrogen) atoms. The summed E-state index contributed by atoms with van der Waals surface area (Å²) >= 11 is 0. The Labute approximate surface area is 201 Å². The number of aliphatic hydroxyl groups is 2. The number of phosphoric ester groups is 1. The predicted molar refractivity (Wildman–Crippen MR) is 115 cm³/mol. The third kappa shape index (κ3) is 5.43. The van der Waals surface area contributed by atoms with E-state index in [4.69, 9.17) is 9.63 Å². The first-order valence-electron chi connectivity index (χ1n) is 10.2.